The number of nitrogens with one attached hydrogen (secondary N) is 1. The van der Waals surface area contributed by atoms with Gasteiger partial charge in [-0.25, -0.2) is 13.1 Å². The minimum Gasteiger partial charge on any atom is -0.389 e. The lowest BCUT2D eigenvalue weighted by Crippen LogP contribution is -2.34. The van der Waals surface area contributed by atoms with Crippen LogP contribution in [-0.4, -0.2) is 26.1 Å². The molecule has 106 valence electrons. The van der Waals surface area contributed by atoms with E-state index >= 15 is 0 Å². The molecule has 0 saturated heterocycles. The highest BCUT2D eigenvalue weighted by atomic mass is 35.5. The molecule has 0 saturated carbocycles. The van der Waals surface area contributed by atoms with Crippen LogP contribution in [-0.2, 0) is 10.0 Å². The third kappa shape index (κ3) is 4.60. The maximum absolute atomic E-state index is 12.0. The molecule has 1 rings (SSSR count). The number of hydrogen-bond acceptors (Lipinski definition) is 3. The van der Waals surface area contributed by atoms with Crippen molar-refractivity contribution in [2.24, 2.45) is 5.73 Å². The van der Waals surface area contributed by atoms with Gasteiger partial charge in [-0.05, 0) is 12.1 Å². The van der Waals surface area contributed by atoms with Crippen LogP contribution in [0.3, 0.4) is 0 Å². The topological polar surface area (TPSA) is 72.2 Å². The van der Waals surface area contributed by atoms with Crippen LogP contribution >= 0.6 is 23.8 Å². The number of nitrogens with two attached hydrogens (primary N) is 1. The largest absolute Gasteiger partial charge is 0.402 e. The van der Waals surface area contributed by atoms with E-state index in [2.05, 4.69) is 12.2 Å². The van der Waals surface area contributed by atoms with E-state index in [0.717, 1.165) is 6.07 Å². The molecule has 3 N–H and O–H groups in total. The Balaban J connectivity index is 3.14. The van der Waals surface area contributed by atoms with E-state index in [4.69, 9.17) is 17.3 Å². The molecule has 0 aromatic heterocycles. The molecule has 0 spiro atoms. The molecular weight excluding hydrogens is 325 g/mol. The van der Waals surface area contributed by atoms with Crippen LogP contribution in [0.25, 0.3) is 0 Å². The summed E-state index contributed by atoms with van der Waals surface area (Å²) in [6.45, 7) is -1.69. The minimum atomic E-state index is -4.67. The smallest absolute Gasteiger partial charge is 0.389 e. The average Bonchev–Trinajstić information content (AvgIpc) is 2.25. The Labute approximate surface area is 117 Å². The summed E-state index contributed by atoms with van der Waals surface area (Å²) < 4.78 is 60.8. The quantitative estimate of drug-likeness (QED) is 0.825. The fourth-order valence-corrected chi connectivity index (χ4v) is 2.78. The number of alkyl halides is 3. The summed E-state index contributed by atoms with van der Waals surface area (Å²) in [4.78, 5) is -0.604. The van der Waals surface area contributed by atoms with Gasteiger partial charge < -0.3 is 5.73 Å². The summed E-state index contributed by atoms with van der Waals surface area (Å²) in [6.07, 6.45) is -4.67. The van der Waals surface area contributed by atoms with Crippen molar-refractivity contribution in [2.45, 2.75) is 11.1 Å². The lowest BCUT2D eigenvalue weighted by atomic mass is 10.2. The van der Waals surface area contributed by atoms with Crippen molar-refractivity contribution in [3.8, 4) is 0 Å². The van der Waals surface area contributed by atoms with Crippen molar-refractivity contribution >= 4 is 38.8 Å². The van der Waals surface area contributed by atoms with Crippen molar-refractivity contribution in [1.29, 1.82) is 0 Å². The second-order valence-corrected chi connectivity index (χ2v) is 6.03. The Kier molecular flexibility index (Phi) is 4.77. The SMILES string of the molecule is NC(=S)c1ccc(Cl)c(S(=O)(=O)NCC(F)(F)F)c1. The predicted molar refractivity (Wildman–Crippen MR) is 68.6 cm³/mol. The van der Waals surface area contributed by atoms with Crippen LogP contribution in [0, 0.1) is 0 Å². The fraction of sp³-hybridized carbons (Fsp3) is 0.222. The second-order valence-electron chi connectivity index (χ2n) is 3.45. The summed E-state index contributed by atoms with van der Waals surface area (Å²) >= 11 is 10.3. The van der Waals surface area contributed by atoms with Gasteiger partial charge in [-0.15, -0.1) is 0 Å². The fourth-order valence-electron chi connectivity index (χ4n) is 1.12. The van der Waals surface area contributed by atoms with Crippen LogP contribution in [0.5, 0.6) is 0 Å². The Hall–Kier alpha value is -0.900. The van der Waals surface area contributed by atoms with Gasteiger partial charge in [-0.2, -0.15) is 13.2 Å². The molecular formula is C9H8ClF3N2O2S2. The summed E-state index contributed by atoms with van der Waals surface area (Å²) in [7, 11) is -4.40. The van der Waals surface area contributed by atoms with Gasteiger partial charge in [0.25, 0.3) is 0 Å². The van der Waals surface area contributed by atoms with E-state index in [0.29, 0.717) is 0 Å². The van der Waals surface area contributed by atoms with Gasteiger partial charge in [0.15, 0.2) is 0 Å². The summed E-state index contributed by atoms with van der Waals surface area (Å²) in [6, 6.07) is 3.58. The van der Waals surface area contributed by atoms with Crippen LogP contribution < -0.4 is 10.5 Å². The molecule has 19 heavy (non-hydrogen) atoms. The van der Waals surface area contributed by atoms with Gasteiger partial charge >= 0.3 is 6.18 Å². The molecule has 0 aliphatic heterocycles. The summed E-state index contributed by atoms with van der Waals surface area (Å²) in [5.74, 6) is 0. The van der Waals surface area contributed by atoms with E-state index < -0.39 is 27.6 Å². The number of benzene rings is 1. The normalized spacial score (nSPS) is 12.4. The summed E-state index contributed by atoms with van der Waals surface area (Å²) in [5, 5.41) is -0.227. The average molecular weight is 333 g/mol. The lowest BCUT2D eigenvalue weighted by Gasteiger charge is -2.11. The van der Waals surface area contributed by atoms with E-state index in [1.165, 1.54) is 16.9 Å². The maximum Gasteiger partial charge on any atom is 0.402 e. The highest BCUT2D eigenvalue weighted by Crippen LogP contribution is 2.23. The molecule has 0 aliphatic carbocycles. The van der Waals surface area contributed by atoms with Crippen molar-refractivity contribution in [3.63, 3.8) is 0 Å². The third-order valence-electron chi connectivity index (χ3n) is 1.97. The minimum absolute atomic E-state index is 0.0936. The Bertz CT molecular complexity index is 602. The van der Waals surface area contributed by atoms with E-state index in [-0.39, 0.29) is 15.6 Å². The Morgan fingerprint density at radius 3 is 2.47 bits per heavy atom. The molecule has 0 aliphatic rings. The molecule has 0 amide bonds. The molecule has 0 atom stereocenters. The highest BCUT2D eigenvalue weighted by molar-refractivity contribution is 7.89. The molecule has 1 aromatic rings. The zero-order valence-corrected chi connectivity index (χ0v) is 11.6. The van der Waals surface area contributed by atoms with Crippen LogP contribution in [0.4, 0.5) is 13.2 Å². The van der Waals surface area contributed by atoms with Crippen molar-refractivity contribution < 1.29 is 21.6 Å². The van der Waals surface area contributed by atoms with Crippen molar-refractivity contribution in [2.75, 3.05) is 6.54 Å². The van der Waals surface area contributed by atoms with Crippen molar-refractivity contribution in [3.05, 3.63) is 28.8 Å². The number of hydrogen-bond donors (Lipinski definition) is 2. The van der Waals surface area contributed by atoms with Gasteiger partial charge in [0, 0.05) is 5.56 Å². The van der Waals surface area contributed by atoms with Crippen LogP contribution in [0.2, 0.25) is 5.02 Å². The Morgan fingerprint density at radius 2 is 2.00 bits per heavy atom. The van der Waals surface area contributed by atoms with Crippen LogP contribution in [0.15, 0.2) is 23.1 Å². The molecule has 0 unspecified atom stereocenters. The molecule has 10 heteroatoms. The lowest BCUT2D eigenvalue weighted by molar-refractivity contribution is -0.121. The monoisotopic (exact) mass is 332 g/mol. The van der Waals surface area contributed by atoms with Gasteiger partial charge in [0.1, 0.15) is 16.4 Å². The van der Waals surface area contributed by atoms with Gasteiger partial charge in [-0.1, -0.05) is 29.9 Å². The first-order valence-electron chi connectivity index (χ1n) is 4.69. The first-order chi connectivity index (χ1) is 8.53. The molecule has 0 radical (unpaired) electrons. The van der Waals surface area contributed by atoms with E-state index in [1.807, 2.05) is 0 Å². The van der Waals surface area contributed by atoms with Gasteiger partial charge in [0.2, 0.25) is 10.0 Å². The zero-order chi connectivity index (χ0) is 14.8. The van der Waals surface area contributed by atoms with Gasteiger partial charge in [-0.3, -0.25) is 0 Å². The van der Waals surface area contributed by atoms with Crippen LogP contribution in [0.1, 0.15) is 5.56 Å². The number of rotatable bonds is 4. The maximum atomic E-state index is 12.0. The Morgan fingerprint density at radius 1 is 1.42 bits per heavy atom. The standard InChI is InChI=1S/C9H8ClF3N2O2S2/c10-6-2-1-5(8(14)18)3-7(6)19(16,17)15-4-9(11,12)13/h1-3,15H,4H2,(H2,14,18). The van der Waals surface area contributed by atoms with E-state index in [9.17, 15) is 21.6 Å². The molecule has 4 nitrogen and oxygen atoms in total. The number of thiocarbonyl (C=S) groups is 1. The number of sulfonamides is 1. The first kappa shape index (κ1) is 16.2. The first-order valence-corrected chi connectivity index (χ1v) is 6.95. The second kappa shape index (κ2) is 5.61. The molecule has 0 fully saturated rings. The zero-order valence-electron chi connectivity index (χ0n) is 9.16. The van der Waals surface area contributed by atoms with E-state index in [1.54, 1.807) is 0 Å². The third-order valence-corrected chi connectivity index (χ3v) is 4.09. The highest BCUT2D eigenvalue weighted by Gasteiger charge is 2.30. The predicted octanol–water partition coefficient (Wildman–Crippen LogP) is 1.81. The van der Waals surface area contributed by atoms with Gasteiger partial charge in [0.05, 0.1) is 5.02 Å². The molecule has 0 bridgehead atoms. The van der Waals surface area contributed by atoms with Crippen molar-refractivity contribution in [1.82, 2.24) is 4.72 Å². The molecule has 0 heterocycles. The molecule has 1 aromatic carbocycles. The number of halogens is 4. The summed E-state index contributed by atoms with van der Waals surface area (Å²) in [5.41, 5.74) is 5.50.